The minimum atomic E-state index is -0.0261. The molecule has 0 aliphatic heterocycles. The van der Waals surface area contributed by atoms with Gasteiger partial charge in [-0.3, -0.25) is 4.79 Å². The van der Waals surface area contributed by atoms with E-state index in [2.05, 4.69) is 33.4 Å². The number of rotatable bonds is 7. The Morgan fingerprint density at radius 2 is 1.68 bits per heavy atom. The first-order chi connectivity index (χ1) is 10.7. The zero-order chi connectivity index (χ0) is 15.8. The lowest BCUT2D eigenvalue weighted by Crippen LogP contribution is -2.13. The van der Waals surface area contributed by atoms with Crippen LogP contribution in [-0.2, 0) is 9.53 Å². The number of anilines is 1. The van der Waals surface area contributed by atoms with Crippen molar-refractivity contribution in [2.45, 2.75) is 23.1 Å². The van der Waals surface area contributed by atoms with Crippen molar-refractivity contribution >= 4 is 39.3 Å². The number of amides is 1. The van der Waals surface area contributed by atoms with Gasteiger partial charge in [-0.05, 0) is 55.5 Å². The van der Waals surface area contributed by atoms with Crippen LogP contribution in [0.1, 0.15) is 13.3 Å². The van der Waals surface area contributed by atoms with Crippen molar-refractivity contribution in [2.75, 3.05) is 18.5 Å². The molecule has 0 unspecified atom stereocenters. The molecular weight excluding hydrogens is 362 g/mol. The Balaban J connectivity index is 1.87. The summed E-state index contributed by atoms with van der Waals surface area (Å²) in [5.41, 5.74) is 0.807. The van der Waals surface area contributed by atoms with Gasteiger partial charge in [0, 0.05) is 26.6 Å². The number of hydrogen-bond acceptors (Lipinski definition) is 3. The lowest BCUT2D eigenvalue weighted by molar-refractivity contribution is -0.117. The molecule has 0 aliphatic carbocycles. The molecule has 1 N–H and O–H groups in total. The van der Waals surface area contributed by atoms with Crippen molar-refractivity contribution in [3.05, 3.63) is 53.0 Å². The Kier molecular flexibility index (Phi) is 6.96. The third-order valence-electron chi connectivity index (χ3n) is 2.86. The second-order valence-electron chi connectivity index (χ2n) is 4.58. The molecule has 2 aromatic rings. The Hall–Kier alpha value is -1.30. The maximum atomic E-state index is 11.7. The van der Waals surface area contributed by atoms with Crippen LogP contribution in [0.15, 0.2) is 62.8 Å². The van der Waals surface area contributed by atoms with Crippen molar-refractivity contribution < 1.29 is 9.53 Å². The number of hydrogen-bond donors (Lipinski definition) is 1. The molecule has 3 nitrogen and oxygen atoms in total. The van der Waals surface area contributed by atoms with E-state index in [-0.39, 0.29) is 5.91 Å². The largest absolute Gasteiger partial charge is 0.381 e. The molecule has 0 fully saturated rings. The first-order valence-corrected chi connectivity index (χ1v) is 8.69. The van der Waals surface area contributed by atoms with E-state index >= 15 is 0 Å². The average Bonchev–Trinajstić information content (AvgIpc) is 2.52. The Bertz CT molecular complexity index is 599. The van der Waals surface area contributed by atoms with Crippen molar-refractivity contribution in [3.63, 3.8) is 0 Å². The van der Waals surface area contributed by atoms with E-state index in [0.29, 0.717) is 19.6 Å². The zero-order valence-electron chi connectivity index (χ0n) is 12.3. The molecule has 0 spiro atoms. The van der Waals surface area contributed by atoms with Crippen LogP contribution in [-0.4, -0.2) is 19.1 Å². The molecule has 0 saturated heterocycles. The highest BCUT2D eigenvalue weighted by molar-refractivity contribution is 9.10. The Morgan fingerprint density at radius 1 is 1.09 bits per heavy atom. The molecule has 0 atom stereocenters. The molecule has 0 aromatic heterocycles. The highest BCUT2D eigenvalue weighted by Gasteiger charge is 2.03. The summed E-state index contributed by atoms with van der Waals surface area (Å²) in [7, 11) is 0. The molecule has 0 radical (unpaired) electrons. The van der Waals surface area contributed by atoms with Gasteiger partial charge < -0.3 is 10.1 Å². The van der Waals surface area contributed by atoms with Crippen LogP contribution in [0.5, 0.6) is 0 Å². The van der Waals surface area contributed by atoms with Gasteiger partial charge in [0.25, 0.3) is 0 Å². The third-order valence-corrected chi connectivity index (χ3v) is 4.41. The summed E-state index contributed by atoms with van der Waals surface area (Å²) >= 11 is 5.11. The monoisotopic (exact) mass is 379 g/mol. The molecular formula is C17H18BrNO2S. The van der Waals surface area contributed by atoms with E-state index in [1.54, 1.807) is 11.8 Å². The van der Waals surface area contributed by atoms with Crippen molar-refractivity contribution in [3.8, 4) is 0 Å². The molecule has 1 amide bonds. The summed E-state index contributed by atoms with van der Waals surface area (Å²) < 4.78 is 6.24. The zero-order valence-corrected chi connectivity index (χ0v) is 14.7. The normalized spacial score (nSPS) is 10.5. The van der Waals surface area contributed by atoms with Crippen molar-refractivity contribution in [1.29, 1.82) is 0 Å². The summed E-state index contributed by atoms with van der Waals surface area (Å²) in [6.07, 6.45) is 0.378. The second-order valence-corrected chi connectivity index (χ2v) is 6.64. The lowest BCUT2D eigenvalue weighted by Gasteiger charge is -2.07. The first kappa shape index (κ1) is 17.1. The highest BCUT2D eigenvalue weighted by Crippen LogP contribution is 2.29. The van der Waals surface area contributed by atoms with Gasteiger partial charge >= 0.3 is 0 Å². The van der Waals surface area contributed by atoms with E-state index in [9.17, 15) is 4.79 Å². The summed E-state index contributed by atoms with van der Waals surface area (Å²) in [4.78, 5) is 14.0. The van der Waals surface area contributed by atoms with Crippen LogP contribution in [0.2, 0.25) is 0 Å². The number of carbonyl (C=O) groups is 1. The number of carbonyl (C=O) groups excluding carboxylic acids is 1. The molecule has 0 heterocycles. The summed E-state index contributed by atoms with van der Waals surface area (Å²) in [5, 5.41) is 2.86. The van der Waals surface area contributed by atoms with Crippen molar-refractivity contribution in [2.24, 2.45) is 0 Å². The Labute approximate surface area is 143 Å². The molecule has 2 rings (SSSR count). The van der Waals surface area contributed by atoms with E-state index in [4.69, 9.17) is 4.74 Å². The highest BCUT2D eigenvalue weighted by atomic mass is 79.9. The second kappa shape index (κ2) is 8.98. The minimum absolute atomic E-state index is 0.0261. The predicted molar refractivity (Wildman–Crippen MR) is 94.4 cm³/mol. The van der Waals surface area contributed by atoms with Crippen LogP contribution in [0.3, 0.4) is 0 Å². The van der Waals surface area contributed by atoms with E-state index in [1.807, 2.05) is 43.3 Å². The maximum Gasteiger partial charge on any atom is 0.226 e. The van der Waals surface area contributed by atoms with E-state index < -0.39 is 0 Å². The molecule has 5 heteroatoms. The van der Waals surface area contributed by atoms with Gasteiger partial charge in [0.2, 0.25) is 5.91 Å². The number of halogens is 1. The lowest BCUT2D eigenvalue weighted by atomic mass is 10.3. The van der Waals surface area contributed by atoms with Crippen LogP contribution >= 0.6 is 27.7 Å². The van der Waals surface area contributed by atoms with E-state index in [0.717, 1.165) is 15.1 Å². The maximum absolute atomic E-state index is 11.7. The van der Waals surface area contributed by atoms with Crippen LogP contribution < -0.4 is 5.32 Å². The fourth-order valence-electron chi connectivity index (χ4n) is 1.78. The van der Waals surface area contributed by atoms with Crippen molar-refractivity contribution in [1.82, 2.24) is 0 Å². The average molecular weight is 380 g/mol. The number of benzene rings is 2. The smallest absolute Gasteiger partial charge is 0.226 e. The van der Waals surface area contributed by atoms with Crippen LogP contribution in [0, 0.1) is 0 Å². The summed E-state index contributed by atoms with van der Waals surface area (Å²) in [5.74, 6) is -0.0261. The topological polar surface area (TPSA) is 38.3 Å². The quantitative estimate of drug-likeness (QED) is 0.690. The minimum Gasteiger partial charge on any atom is -0.381 e. The van der Waals surface area contributed by atoms with Gasteiger partial charge in [-0.1, -0.05) is 27.7 Å². The first-order valence-electron chi connectivity index (χ1n) is 7.08. The van der Waals surface area contributed by atoms with Gasteiger partial charge in [0.1, 0.15) is 0 Å². The standard InChI is InChI=1S/C17H18BrNO2S/c1-2-21-12-11-17(20)19-14-5-9-16(10-6-14)22-15-7-3-13(18)4-8-15/h3-10H,2,11-12H2,1H3,(H,19,20). The van der Waals surface area contributed by atoms with Gasteiger partial charge in [-0.15, -0.1) is 0 Å². The molecule has 116 valence electrons. The van der Waals surface area contributed by atoms with Crippen LogP contribution in [0.4, 0.5) is 5.69 Å². The summed E-state index contributed by atoms with van der Waals surface area (Å²) in [6, 6.07) is 16.0. The molecule has 2 aromatic carbocycles. The Morgan fingerprint density at radius 3 is 2.27 bits per heavy atom. The SMILES string of the molecule is CCOCCC(=O)Nc1ccc(Sc2ccc(Br)cc2)cc1. The molecule has 0 bridgehead atoms. The molecule has 22 heavy (non-hydrogen) atoms. The molecule has 0 saturated carbocycles. The van der Waals surface area contributed by atoms with Gasteiger partial charge in [0.05, 0.1) is 13.0 Å². The fraction of sp³-hybridized carbons (Fsp3) is 0.235. The molecule has 0 aliphatic rings. The van der Waals surface area contributed by atoms with E-state index in [1.165, 1.54) is 4.90 Å². The van der Waals surface area contributed by atoms with Gasteiger partial charge in [-0.2, -0.15) is 0 Å². The van der Waals surface area contributed by atoms with Gasteiger partial charge in [-0.25, -0.2) is 0 Å². The fourth-order valence-corrected chi connectivity index (χ4v) is 2.86. The van der Waals surface area contributed by atoms with Gasteiger partial charge in [0.15, 0.2) is 0 Å². The number of nitrogens with one attached hydrogen (secondary N) is 1. The van der Waals surface area contributed by atoms with Crippen LogP contribution in [0.25, 0.3) is 0 Å². The summed E-state index contributed by atoms with van der Waals surface area (Å²) in [6.45, 7) is 3.01. The third kappa shape index (κ3) is 5.83. The number of ether oxygens (including phenoxy) is 1. The predicted octanol–water partition coefficient (Wildman–Crippen LogP) is 4.97.